The van der Waals surface area contributed by atoms with Gasteiger partial charge in [0, 0.05) is 17.3 Å². The summed E-state index contributed by atoms with van der Waals surface area (Å²) >= 11 is 5.21. The van der Waals surface area contributed by atoms with E-state index in [9.17, 15) is 4.79 Å². The zero-order valence-electron chi connectivity index (χ0n) is 14.1. The van der Waals surface area contributed by atoms with Gasteiger partial charge in [0.1, 0.15) is 5.75 Å². The van der Waals surface area contributed by atoms with E-state index in [0.717, 1.165) is 17.0 Å². The highest BCUT2D eigenvalue weighted by atomic mass is 32.1. The fourth-order valence-corrected chi connectivity index (χ4v) is 2.26. The van der Waals surface area contributed by atoms with E-state index in [1.165, 1.54) is 0 Å². The summed E-state index contributed by atoms with van der Waals surface area (Å²) in [6.45, 7) is 6.78. The molecule has 0 spiro atoms. The van der Waals surface area contributed by atoms with Gasteiger partial charge in [-0.3, -0.25) is 10.1 Å². The van der Waals surface area contributed by atoms with Crippen LogP contribution in [0.1, 0.15) is 29.8 Å². The van der Waals surface area contributed by atoms with Crippen LogP contribution >= 0.6 is 12.2 Å². The SMILES string of the molecule is Cc1cccc(C(=O)NC(=S)Nc2cccc(OCC(C)C)c2)c1. The number of rotatable bonds is 5. The van der Waals surface area contributed by atoms with E-state index in [1.54, 1.807) is 6.07 Å². The molecular weight excluding hydrogens is 320 g/mol. The maximum Gasteiger partial charge on any atom is 0.257 e. The molecule has 0 aliphatic heterocycles. The number of hydrogen-bond donors (Lipinski definition) is 2. The number of amides is 1. The van der Waals surface area contributed by atoms with Crippen LogP contribution in [0.2, 0.25) is 0 Å². The van der Waals surface area contributed by atoms with E-state index in [4.69, 9.17) is 17.0 Å². The van der Waals surface area contributed by atoms with Gasteiger partial charge in [-0.1, -0.05) is 37.6 Å². The number of benzene rings is 2. The summed E-state index contributed by atoms with van der Waals surface area (Å²) in [6, 6.07) is 14.8. The summed E-state index contributed by atoms with van der Waals surface area (Å²) in [5, 5.41) is 5.94. The van der Waals surface area contributed by atoms with E-state index in [2.05, 4.69) is 24.5 Å². The van der Waals surface area contributed by atoms with Crippen molar-refractivity contribution in [3.05, 3.63) is 59.7 Å². The summed E-state index contributed by atoms with van der Waals surface area (Å²) in [4.78, 5) is 12.2. The van der Waals surface area contributed by atoms with Crippen molar-refractivity contribution < 1.29 is 9.53 Å². The highest BCUT2D eigenvalue weighted by molar-refractivity contribution is 7.80. The van der Waals surface area contributed by atoms with Crippen LogP contribution in [-0.2, 0) is 0 Å². The molecule has 1 amide bonds. The van der Waals surface area contributed by atoms with Crippen molar-refractivity contribution in [1.82, 2.24) is 5.32 Å². The maximum absolute atomic E-state index is 12.2. The lowest BCUT2D eigenvalue weighted by Gasteiger charge is -2.12. The number of ether oxygens (including phenoxy) is 1. The van der Waals surface area contributed by atoms with E-state index in [0.29, 0.717) is 18.1 Å². The number of hydrogen-bond acceptors (Lipinski definition) is 3. The minimum absolute atomic E-state index is 0.233. The molecule has 0 bridgehead atoms. The number of anilines is 1. The minimum atomic E-state index is -0.233. The Labute approximate surface area is 148 Å². The Morgan fingerprint density at radius 3 is 2.62 bits per heavy atom. The number of aryl methyl sites for hydroxylation is 1. The molecule has 4 nitrogen and oxygen atoms in total. The average Bonchev–Trinajstić information content (AvgIpc) is 2.53. The number of nitrogens with one attached hydrogen (secondary N) is 2. The molecule has 0 aromatic heterocycles. The lowest BCUT2D eigenvalue weighted by molar-refractivity contribution is 0.0977. The Kier molecular flexibility index (Phi) is 6.32. The normalized spacial score (nSPS) is 10.3. The predicted molar refractivity (Wildman–Crippen MR) is 102 cm³/mol. The van der Waals surface area contributed by atoms with Gasteiger partial charge in [0.05, 0.1) is 6.61 Å². The molecule has 126 valence electrons. The Morgan fingerprint density at radius 1 is 1.17 bits per heavy atom. The molecule has 0 radical (unpaired) electrons. The van der Waals surface area contributed by atoms with Crippen LogP contribution < -0.4 is 15.4 Å². The second-order valence-electron chi connectivity index (χ2n) is 6.01. The monoisotopic (exact) mass is 342 g/mol. The van der Waals surface area contributed by atoms with Gasteiger partial charge in [-0.05, 0) is 49.3 Å². The molecule has 0 unspecified atom stereocenters. The Bertz CT molecular complexity index is 729. The third-order valence-corrected chi connectivity index (χ3v) is 3.39. The summed E-state index contributed by atoms with van der Waals surface area (Å²) in [5.41, 5.74) is 2.37. The lowest BCUT2D eigenvalue weighted by atomic mass is 10.1. The van der Waals surface area contributed by atoms with Crippen LogP contribution in [0.15, 0.2) is 48.5 Å². The van der Waals surface area contributed by atoms with Crippen LogP contribution in [0.3, 0.4) is 0 Å². The van der Waals surface area contributed by atoms with Crippen LogP contribution in [0.25, 0.3) is 0 Å². The molecule has 0 atom stereocenters. The highest BCUT2D eigenvalue weighted by Gasteiger charge is 2.08. The third kappa shape index (κ3) is 5.66. The van der Waals surface area contributed by atoms with Crippen molar-refractivity contribution in [3.8, 4) is 5.75 Å². The molecule has 0 heterocycles. The van der Waals surface area contributed by atoms with Gasteiger partial charge in [0.25, 0.3) is 5.91 Å². The van der Waals surface area contributed by atoms with E-state index in [-0.39, 0.29) is 11.0 Å². The molecule has 2 aromatic carbocycles. The number of thiocarbonyl (C=S) groups is 1. The number of carbonyl (C=O) groups excluding carboxylic acids is 1. The second-order valence-corrected chi connectivity index (χ2v) is 6.42. The molecule has 0 aliphatic rings. The van der Waals surface area contributed by atoms with Gasteiger partial charge < -0.3 is 10.1 Å². The maximum atomic E-state index is 12.2. The van der Waals surface area contributed by atoms with Gasteiger partial charge in [-0.2, -0.15) is 0 Å². The second kappa shape index (κ2) is 8.45. The first-order valence-electron chi connectivity index (χ1n) is 7.86. The molecule has 2 N–H and O–H groups in total. The Hall–Kier alpha value is -2.40. The van der Waals surface area contributed by atoms with E-state index in [1.807, 2.05) is 49.4 Å². The predicted octanol–water partition coefficient (Wildman–Crippen LogP) is 4.16. The van der Waals surface area contributed by atoms with Gasteiger partial charge in [-0.25, -0.2) is 0 Å². The Balaban J connectivity index is 1.94. The van der Waals surface area contributed by atoms with Crippen LogP contribution in [0, 0.1) is 12.8 Å². The third-order valence-electron chi connectivity index (χ3n) is 3.18. The molecular formula is C19H22N2O2S. The fraction of sp³-hybridized carbons (Fsp3) is 0.263. The first-order valence-corrected chi connectivity index (χ1v) is 8.26. The van der Waals surface area contributed by atoms with Gasteiger partial charge in [0.15, 0.2) is 5.11 Å². The molecule has 0 fully saturated rings. The molecule has 2 rings (SSSR count). The van der Waals surface area contributed by atoms with Gasteiger partial charge in [0.2, 0.25) is 0 Å². The topological polar surface area (TPSA) is 50.4 Å². The van der Waals surface area contributed by atoms with Crippen molar-refractivity contribution in [2.24, 2.45) is 5.92 Å². The van der Waals surface area contributed by atoms with Crippen LogP contribution in [-0.4, -0.2) is 17.6 Å². The zero-order chi connectivity index (χ0) is 17.5. The fourth-order valence-electron chi connectivity index (χ4n) is 2.05. The Morgan fingerprint density at radius 2 is 1.92 bits per heavy atom. The van der Waals surface area contributed by atoms with Crippen molar-refractivity contribution in [2.75, 3.05) is 11.9 Å². The highest BCUT2D eigenvalue weighted by Crippen LogP contribution is 2.18. The average molecular weight is 342 g/mol. The van der Waals surface area contributed by atoms with E-state index >= 15 is 0 Å². The summed E-state index contributed by atoms with van der Waals surface area (Å²) < 4.78 is 5.68. The number of carbonyl (C=O) groups is 1. The first kappa shape index (κ1) is 17.9. The molecule has 5 heteroatoms. The van der Waals surface area contributed by atoms with Crippen molar-refractivity contribution in [3.63, 3.8) is 0 Å². The zero-order valence-corrected chi connectivity index (χ0v) is 14.9. The summed E-state index contributed by atoms with van der Waals surface area (Å²) in [5.74, 6) is 0.987. The van der Waals surface area contributed by atoms with Crippen molar-refractivity contribution >= 4 is 28.9 Å². The van der Waals surface area contributed by atoms with Crippen LogP contribution in [0.4, 0.5) is 5.69 Å². The molecule has 24 heavy (non-hydrogen) atoms. The van der Waals surface area contributed by atoms with E-state index < -0.39 is 0 Å². The minimum Gasteiger partial charge on any atom is -0.493 e. The first-order chi connectivity index (χ1) is 11.4. The molecule has 0 aliphatic carbocycles. The quantitative estimate of drug-likeness (QED) is 0.801. The smallest absolute Gasteiger partial charge is 0.257 e. The molecule has 2 aromatic rings. The standard InChI is InChI=1S/C19H22N2O2S/c1-13(2)12-23-17-9-5-8-16(11-17)20-19(24)21-18(22)15-7-4-6-14(3)10-15/h4-11,13H,12H2,1-3H3,(H2,20,21,22,24). The molecule has 0 saturated heterocycles. The van der Waals surface area contributed by atoms with Crippen molar-refractivity contribution in [1.29, 1.82) is 0 Å². The largest absolute Gasteiger partial charge is 0.493 e. The summed E-state index contributed by atoms with van der Waals surface area (Å²) in [6.07, 6.45) is 0. The summed E-state index contributed by atoms with van der Waals surface area (Å²) in [7, 11) is 0. The van der Waals surface area contributed by atoms with Crippen LogP contribution in [0.5, 0.6) is 5.75 Å². The molecule has 0 saturated carbocycles. The lowest BCUT2D eigenvalue weighted by Crippen LogP contribution is -2.34. The van der Waals surface area contributed by atoms with Gasteiger partial charge >= 0.3 is 0 Å². The van der Waals surface area contributed by atoms with Gasteiger partial charge in [-0.15, -0.1) is 0 Å². The van der Waals surface area contributed by atoms with Crippen molar-refractivity contribution in [2.45, 2.75) is 20.8 Å².